The fourth-order valence-electron chi connectivity index (χ4n) is 5.76. The predicted molar refractivity (Wildman–Crippen MR) is 152 cm³/mol. The van der Waals surface area contributed by atoms with Crippen LogP contribution >= 0.6 is 0 Å². The number of rotatable bonds is 5. The maximum Gasteiger partial charge on any atom is 0.315 e. The summed E-state index contributed by atoms with van der Waals surface area (Å²) in [5.74, 6) is -3.27. The second-order valence-corrected chi connectivity index (χ2v) is 13.1. The molecule has 0 aromatic carbocycles. The summed E-state index contributed by atoms with van der Waals surface area (Å²) in [6, 6.07) is -3.34. The van der Waals surface area contributed by atoms with E-state index in [0.29, 0.717) is 19.3 Å². The number of hydrogen-bond acceptors (Lipinski definition) is 6. The molecule has 0 unspecified atom stereocenters. The van der Waals surface area contributed by atoms with Gasteiger partial charge in [-0.15, -0.1) is 0 Å². The summed E-state index contributed by atoms with van der Waals surface area (Å²) >= 11 is 0. The van der Waals surface area contributed by atoms with Crippen molar-refractivity contribution in [1.82, 2.24) is 20.9 Å². The molecule has 0 aromatic heterocycles. The number of nitrogens with zero attached hydrogens (tertiary/aromatic N) is 1. The van der Waals surface area contributed by atoms with E-state index in [1.54, 1.807) is 13.8 Å². The van der Waals surface area contributed by atoms with Crippen molar-refractivity contribution < 1.29 is 29.1 Å². The van der Waals surface area contributed by atoms with Crippen LogP contribution in [0.1, 0.15) is 112 Å². The summed E-state index contributed by atoms with van der Waals surface area (Å²) in [5, 5.41) is 18.9. The molecule has 0 bridgehead atoms. The SMILES string of the molecule is CC(C)(O)C[C@H]1CCN2C(=O)[C@@H](NC(=O)NC(C)(C)C)CCCCCCCCCC[C@@H](C(=O)C(N)=O)NC(=O)[C@H]12. The van der Waals surface area contributed by atoms with Gasteiger partial charge in [0.25, 0.3) is 5.91 Å². The number of ketones is 1. The monoisotopic (exact) mass is 565 g/mol. The lowest BCUT2D eigenvalue weighted by atomic mass is 9.87. The van der Waals surface area contributed by atoms with Crippen LogP contribution in [0.5, 0.6) is 0 Å². The van der Waals surface area contributed by atoms with Gasteiger partial charge in [-0.05, 0) is 66.2 Å². The van der Waals surface area contributed by atoms with E-state index in [9.17, 15) is 29.1 Å². The van der Waals surface area contributed by atoms with Crippen LogP contribution in [0.3, 0.4) is 0 Å². The lowest BCUT2D eigenvalue weighted by Crippen LogP contribution is -2.59. The zero-order valence-electron chi connectivity index (χ0n) is 25.0. The predicted octanol–water partition coefficient (Wildman–Crippen LogP) is 2.28. The molecule has 0 radical (unpaired) electrons. The number of aliphatic hydroxyl groups is 1. The van der Waals surface area contributed by atoms with Crippen LogP contribution < -0.4 is 21.7 Å². The number of primary amides is 1. The van der Waals surface area contributed by atoms with Crippen LogP contribution in [0.25, 0.3) is 0 Å². The largest absolute Gasteiger partial charge is 0.390 e. The van der Waals surface area contributed by atoms with Crippen LogP contribution in [-0.4, -0.2) is 75.4 Å². The molecule has 2 fully saturated rings. The van der Waals surface area contributed by atoms with E-state index in [2.05, 4.69) is 16.0 Å². The van der Waals surface area contributed by atoms with Crippen LogP contribution in [0.15, 0.2) is 0 Å². The maximum atomic E-state index is 14.0. The second kappa shape index (κ2) is 14.8. The van der Waals surface area contributed by atoms with Gasteiger partial charge in [0, 0.05) is 12.1 Å². The summed E-state index contributed by atoms with van der Waals surface area (Å²) in [7, 11) is 0. The minimum absolute atomic E-state index is 0.256. The van der Waals surface area contributed by atoms with E-state index in [1.807, 2.05) is 20.8 Å². The molecule has 4 atom stereocenters. The maximum absolute atomic E-state index is 14.0. The van der Waals surface area contributed by atoms with Crippen LogP contribution in [0, 0.1) is 5.92 Å². The molecule has 11 heteroatoms. The number of amides is 5. The molecule has 228 valence electrons. The third-order valence-corrected chi connectivity index (χ3v) is 7.54. The molecule has 40 heavy (non-hydrogen) atoms. The van der Waals surface area contributed by atoms with Crippen LogP contribution in [-0.2, 0) is 19.2 Å². The topological polar surface area (TPSA) is 171 Å². The van der Waals surface area contributed by atoms with Gasteiger partial charge in [-0.1, -0.05) is 51.4 Å². The number of fused-ring (bicyclic) bond motifs is 1. The van der Waals surface area contributed by atoms with Gasteiger partial charge in [0.15, 0.2) is 0 Å². The van der Waals surface area contributed by atoms with Crippen molar-refractivity contribution in [2.45, 2.75) is 141 Å². The minimum atomic E-state index is -1.11. The first-order chi connectivity index (χ1) is 18.6. The van der Waals surface area contributed by atoms with Gasteiger partial charge >= 0.3 is 6.03 Å². The van der Waals surface area contributed by atoms with Crippen molar-refractivity contribution in [3.05, 3.63) is 0 Å². The number of urea groups is 1. The minimum Gasteiger partial charge on any atom is -0.390 e. The first-order valence-corrected chi connectivity index (χ1v) is 14.8. The van der Waals surface area contributed by atoms with Crippen LogP contribution in [0.4, 0.5) is 4.79 Å². The highest BCUT2D eigenvalue weighted by molar-refractivity contribution is 6.37. The van der Waals surface area contributed by atoms with E-state index >= 15 is 0 Å². The number of nitrogens with two attached hydrogens (primary N) is 1. The molecular formula is C29H51N5O6. The van der Waals surface area contributed by atoms with E-state index < -0.39 is 52.9 Å². The van der Waals surface area contributed by atoms with Gasteiger partial charge in [0.2, 0.25) is 17.6 Å². The Kier molecular flexibility index (Phi) is 12.4. The van der Waals surface area contributed by atoms with Crippen molar-refractivity contribution in [1.29, 1.82) is 0 Å². The van der Waals surface area contributed by atoms with Crippen molar-refractivity contribution in [3.8, 4) is 0 Å². The molecule has 0 aromatic rings. The van der Waals surface area contributed by atoms with Gasteiger partial charge in [-0.3, -0.25) is 19.2 Å². The highest BCUT2D eigenvalue weighted by Crippen LogP contribution is 2.33. The quantitative estimate of drug-likeness (QED) is 0.320. The average Bonchev–Trinajstić information content (AvgIpc) is 3.22. The molecule has 6 N–H and O–H groups in total. The number of carbonyl (C=O) groups is 5. The fourth-order valence-corrected chi connectivity index (χ4v) is 5.76. The average molecular weight is 566 g/mol. The number of hydrogen-bond donors (Lipinski definition) is 5. The van der Waals surface area contributed by atoms with Crippen molar-refractivity contribution >= 4 is 29.5 Å². The standard InChI is InChI=1S/C29H51N5O6/c1-28(2,3)33-27(39)32-21-15-13-11-9-7-6-8-10-12-14-20(23(35)24(30)36)31-25(37)22-19(18-29(4,5)40)16-17-34(22)26(21)38/h19-22,40H,6-18H2,1-5H3,(H2,30,36)(H,31,37)(H2,32,33,39)/t19-,20+,21+,22+/m1/s1. The van der Waals surface area contributed by atoms with Gasteiger partial charge in [0.1, 0.15) is 12.1 Å². The third-order valence-electron chi connectivity index (χ3n) is 7.54. The molecule has 2 rings (SSSR count). The molecule has 0 aliphatic carbocycles. The summed E-state index contributed by atoms with van der Waals surface area (Å²) in [6.07, 6.45) is 8.70. The lowest BCUT2D eigenvalue weighted by Gasteiger charge is -2.33. The van der Waals surface area contributed by atoms with E-state index in [1.165, 1.54) is 4.90 Å². The molecule has 0 saturated carbocycles. The smallest absolute Gasteiger partial charge is 0.315 e. The van der Waals surface area contributed by atoms with E-state index in [-0.39, 0.29) is 31.2 Å². The molecule has 2 aliphatic heterocycles. The Morgan fingerprint density at radius 1 is 0.925 bits per heavy atom. The fraction of sp³-hybridized carbons (Fsp3) is 0.828. The summed E-state index contributed by atoms with van der Waals surface area (Å²) in [4.78, 5) is 66.3. The van der Waals surface area contributed by atoms with Gasteiger partial charge in [0.05, 0.1) is 11.6 Å². The molecule has 2 saturated heterocycles. The van der Waals surface area contributed by atoms with Crippen LogP contribution in [0.2, 0.25) is 0 Å². The molecular weight excluding hydrogens is 514 g/mol. The first-order valence-electron chi connectivity index (χ1n) is 14.8. The summed E-state index contributed by atoms with van der Waals surface area (Å²) in [5.41, 5.74) is 3.70. The van der Waals surface area contributed by atoms with E-state index in [0.717, 1.165) is 44.9 Å². The molecule has 2 heterocycles. The molecule has 2 aliphatic rings. The lowest BCUT2D eigenvalue weighted by molar-refractivity contribution is -0.143. The first kappa shape index (κ1) is 33.5. The Morgan fingerprint density at radius 3 is 2.00 bits per heavy atom. The number of carbonyl (C=O) groups excluding carboxylic acids is 5. The Balaban J connectivity index is 2.41. The number of Topliss-reactive ketones (excluding diaryl/α,β-unsaturated/α-hetero) is 1. The Labute approximate surface area is 238 Å². The third kappa shape index (κ3) is 11.1. The Morgan fingerprint density at radius 2 is 1.48 bits per heavy atom. The van der Waals surface area contributed by atoms with E-state index in [4.69, 9.17) is 5.73 Å². The second-order valence-electron chi connectivity index (χ2n) is 13.1. The number of nitrogens with one attached hydrogen (secondary N) is 3. The molecule has 0 spiro atoms. The highest BCUT2D eigenvalue weighted by atomic mass is 16.3. The van der Waals surface area contributed by atoms with Gasteiger partial charge in [-0.2, -0.15) is 0 Å². The Bertz CT molecular complexity index is 910. The highest BCUT2D eigenvalue weighted by Gasteiger charge is 2.46. The summed E-state index contributed by atoms with van der Waals surface area (Å²) in [6.45, 7) is 9.11. The van der Waals surface area contributed by atoms with Gasteiger partial charge in [-0.25, -0.2) is 4.79 Å². The zero-order valence-corrected chi connectivity index (χ0v) is 25.0. The van der Waals surface area contributed by atoms with Gasteiger partial charge < -0.3 is 31.7 Å². The van der Waals surface area contributed by atoms with Crippen molar-refractivity contribution in [3.63, 3.8) is 0 Å². The van der Waals surface area contributed by atoms with Crippen molar-refractivity contribution in [2.75, 3.05) is 6.54 Å². The summed E-state index contributed by atoms with van der Waals surface area (Å²) < 4.78 is 0. The molecule has 5 amide bonds. The normalized spacial score (nSPS) is 26.3. The zero-order chi connectivity index (χ0) is 30.1. The van der Waals surface area contributed by atoms with Crippen molar-refractivity contribution in [2.24, 2.45) is 11.7 Å². The Hall–Kier alpha value is -2.69. The molecule has 11 nitrogen and oxygen atoms in total.